The molecule has 0 saturated heterocycles. The predicted molar refractivity (Wildman–Crippen MR) is 79.4 cm³/mol. The summed E-state index contributed by atoms with van der Waals surface area (Å²) in [7, 11) is 3.60. The molecule has 2 aromatic rings. The first-order valence-electron chi connectivity index (χ1n) is 6.21. The Labute approximate surface area is 121 Å². The second-order valence-electron chi connectivity index (χ2n) is 4.33. The minimum atomic E-state index is 0.140. The molecular formula is C14H18BrN3O. The van der Waals surface area contributed by atoms with Crippen LogP contribution in [0.25, 0.3) is 0 Å². The summed E-state index contributed by atoms with van der Waals surface area (Å²) in [6, 6.07) is 6.27. The van der Waals surface area contributed by atoms with E-state index in [-0.39, 0.29) is 6.04 Å². The van der Waals surface area contributed by atoms with E-state index in [0.29, 0.717) is 0 Å². The van der Waals surface area contributed by atoms with Gasteiger partial charge in [-0.05, 0) is 40.2 Å². The number of nitrogens with zero attached hydrogens (tertiary/aromatic N) is 2. The fourth-order valence-corrected chi connectivity index (χ4v) is 2.64. The Bertz CT molecular complexity index is 553. The van der Waals surface area contributed by atoms with Crippen LogP contribution in [0.15, 0.2) is 35.1 Å². The molecule has 0 radical (unpaired) electrons. The van der Waals surface area contributed by atoms with Gasteiger partial charge in [0.1, 0.15) is 5.75 Å². The molecule has 0 aliphatic heterocycles. The number of nitrogens with one attached hydrogen (secondary N) is 1. The second kappa shape index (κ2) is 6.21. The lowest BCUT2D eigenvalue weighted by atomic mass is 10.0. The minimum Gasteiger partial charge on any atom is -0.496 e. The Morgan fingerprint density at radius 2 is 2.21 bits per heavy atom. The first-order chi connectivity index (χ1) is 9.15. The normalized spacial score (nSPS) is 12.4. The van der Waals surface area contributed by atoms with Crippen LogP contribution in [-0.4, -0.2) is 23.4 Å². The van der Waals surface area contributed by atoms with Crippen LogP contribution >= 0.6 is 15.9 Å². The van der Waals surface area contributed by atoms with Crippen molar-refractivity contribution >= 4 is 15.9 Å². The third kappa shape index (κ3) is 3.16. The molecule has 1 unspecified atom stereocenters. The molecule has 0 bridgehead atoms. The van der Waals surface area contributed by atoms with Crippen LogP contribution in [0.1, 0.15) is 24.1 Å². The quantitative estimate of drug-likeness (QED) is 0.919. The average molecular weight is 324 g/mol. The Balaban J connectivity index is 2.36. The van der Waals surface area contributed by atoms with Crippen LogP contribution in [0.3, 0.4) is 0 Å². The van der Waals surface area contributed by atoms with E-state index >= 15 is 0 Å². The molecule has 0 saturated carbocycles. The van der Waals surface area contributed by atoms with Crippen molar-refractivity contribution in [3.63, 3.8) is 0 Å². The number of halogens is 1. The van der Waals surface area contributed by atoms with Crippen molar-refractivity contribution in [3.8, 4) is 5.75 Å². The maximum atomic E-state index is 5.27. The molecule has 102 valence electrons. The molecule has 0 aliphatic rings. The summed E-state index contributed by atoms with van der Waals surface area (Å²) in [5, 5.41) is 7.72. The SMILES string of the molecule is CCNC(c1ccc(OC)c(Br)c1)c1cnn(C)c1. The van der Waals surface area contributed by atoms with E-state index in [1.807, 2.05) is 30.2 Å². The smallest absolute Gasteiger partial charge is 0.133 e. The highest BCUT2D eigenvalue weighted by Crippen LogP contribution is 2.30. The number of aromatic nitrogens is 2. The molecule has 1 N–H and O–H groups in total. The fourth-order valence-electron chi connectivity index (χ4n) is 2.08. The standard InChI is InChI=1S/C14H18BrN3O/c1-4-16-14(11-8-17-18(2)9-11)10-5-6-13(19-3)12(15)7-10/h5-9,14,16H,4H2,1-3H3. The van der Waals surface area contributed by atoms with Gasteiger partial charge in [0.2, 0.25) is 0 Å². The highest BCUT2D eigenvalue weighted by molar-refractivity contribution is 9.10. The third-order valence-corrected chi connectivity index (χ3v) is 3.60. The molecule has 1 heterocycles. The van der Waals surface area contributed by atoms with Crippen molar-refractivity contribution in [3.05, 3.63) is 46.2 Å². The summed E-state index contributed by atoms with van der Waals surface area (Å²) in [6.07, 6.45) is 3.93. The Morgan fingerprint density at radius 3 is 2.74 bits per heavy atom. The highest BCUT2D eigenvalue weighted by atomic mass is 79.9. The van der Waals surface area contributed by atoms with E-state index in [1.54, 1.807) is 7.11 Å². The van der Waals surface area contributed by atoms with Gasteiger partial charge in [0.05, 0.1) is 23.8 Å². The molecular weight excluding hydrogens is 306 g/mol. The van der Waals surface area contributed by atoms with E-state index in [9.17, 15) is 0 Å². The number of aryl methyl sites for hydroxylation is 1. The van der Waals surface area contributed by atoms with Crippen molar-refractivity contribution in [1.82, 2.24) is 15.1 Å². The molecule has 1 aromatic carbocycles. The molecule has 0 aliphatic carbocycles. The number of methoxy groups -OCH3 is 1. The van der Waals surface area contributed by atoms with Gasteiger partial charge in [-0.3, -0.25) is 4.68 Å². The zero-order valence-corrected chi connectivity index (χ0v) is 12.9. The fraction of sp³-hybridized carbons (Fsp3) is 0.357. The molecule has 0 fully saturated rings. The van der Waals surface area contributed by atoms with Gasteiger partial charge in [-0.1, -0.05) is 13.0 Å². The van der Waals surface area contributed by atoms with Crippen molar-refractivity contribution in [2.75, 3.05) is 13.7 Å². The minimum absolute atomic E-state index is 0.140. The molecule has 0 amide bonds. The molecule has 1 aromatic heterocycles. The largest absolute Gasteiger partial charge is 0.496 e. The van der Waals surface area contributed by atoms with Crippen LogP contribution in [0.5, 0.6) is 5.75 Å². The lowest BCUT2D eigenvalue weighted by Crippen LogP contribution is -2.21. The highest BCUT2D eigenvalue weighted by Gasteiger charge is 2.16. The van der Waals surface area contributed by atoms with Crippen molar-refractivity contribution in [2.24, 2.45) is 7.05 Å². The zero-order valence-electron chi connectivity index (χ0n) is 11.4. The van der Waals surface area contributed by atoms with Gasteiger partial charge in [-0.25, -0.2) is 0 Å². The van der Waals surface area contributed by atoms with E-state index < -0.39 is 0 Å². The molecule has 4 nitrogen and oxygen atoms in total. The van der Waals surface area contributed by atoms with Crippen LogP contribution in [0, 0.1) is 0 Å². The number of benzene rings is 1. The van der Waals surface area contributed by atoms with Crippen LogP contribution in [0.4, 0.5) is 0 Å². The van der Waals surface area contributed by atoms with Crippen molar-refractivity contribution < 1.29 is 4.74 Å². The zero-order chi connectivity index (χ0) is 13.8. The lowest BCUT2D eigenvalue weighted by molar-refractivity contribution is 0.412. The van der Waals surface area contributed by atoms with Gasteiger partial charge in [0, 0.05) is 18.8 Å². The van der Waals surface area contributed by atoms with Crippen molar-refractivity contribution in [2.45, 2.75) is 13.0 Å². The summed E-state index contributed by atoms with van der Waals surface area (Å²) in [6.45, 7) is 2.99. The molecule has 5 heteroatoms. The van der Waals surface area contributed by atoms with Gasteiger partial charge in [0.25, 0.3) is 0 Å². The van der Waals surface area contributed by atoms with Crippen LogP contribution < -0.4 is 10.1 Å². The Hall–Kier alpha value is -1.33. The number of hydrogen-bond donors (Lipinski definition) is 1. The molecule has 0 spiro atoms. The third-order valence-electron chi connectivity index (χ3n) is 2.98. The monoisotopic (exact) mass is 323 g/mol. The maximum absolute atomic E-state index is 5.27. The van der Waals surface area contributed by atoms with E-state index in [0.717, 1.165) is 22.3 Å². The number of hydrogen-bond acceptors (Lipinski definition) is 3. The number of rotatable bonds is 5. The topological polar surface area (TPSA) is 39.1 Å². The summed E-state index contributed by atoms with van der Waals surface area (Å²) >= 11 is 3.53. The molecule has 2 rings (SSSR count). The first-order valence-corrected chi connectivity index (χ1v) is 7.00. The molecule has 19 heavy (non-hydrogen) atoms. The first kappa shape index (κ1) is 14.1. The van der Waals surface area contributed by atoms with Crippen molar-refractivity contribution in [1.29, 1.82) is 0 Å². The number of ether oxygens (including phenoxy) is 1. The summed E-state index contributed by atoms with van der Waals surface area (Å²) in [5.74, 6) is 0.838. The van der Waals surface area contributed by atoms with Gasteiger partial charge in [-0.2, -0.15) is 5.10 Å². The van der Waals surface area contributed by atoms with Gasteiger partial charge < -0.3 is 10.1 Å². The predicted octanol–water partition coefficient (Wildman–Crippen LogP) is 2.89. The van der Waals surface area contributed by atoms with E-state index in [1.165, 1.54) is 5.56 Å². The lowest BCUT2D eigenvalue weighted by Gasteiger charge is -2.18. The molecule has 1 atom stereocenters. The Kier molecular flexibility index (Phi) is 4.61. The van der Waals surface area contributed by atoms with Gasteiger partial charge in [0.15, 0.2) is 0 Å². The summed E-state index contributed by atoms with van der Waals surface area (Å²) < 4.78 is 8.04. The van der Waals surface area contributed by atoms with Crippen LogP contribution in [-0.2, 0) is 7.05 Å². The Morgan fingerprint density at radius 1 is 1.42 bits per heavy atom. The van der Waals surface area contributed by atoms with Gasteiger partial charge in [-0.15, -0.1) is 0 Å². The summed E-state index contributed by atoms with van der Waals surface area (Å²) in [4.78, 5) is 0. The van der Waals surface area contributed by atoms with Crippen LogP contribution in [0.2, 0.25) is 0 Å². The average Bonchev–Trinajstić information content (AvgIpc) is 2.82. The second-order valence-corrected chi connectivity index (χ2v) is 5.19. The maximum Gasteiger partial charge on any atom is 0.133 e. The van der Waals surface area contributed by atoms with E-state index in [4.69, 9.17) is 4.74 Å². The van der Waals surface area contributed by atoms with Gasteiger partial charge >= 0.3 is 0 Å². The summed E-state index contributed by atoms with van der Waals surface area (Å²) in [5.41, 5.74) is 2.34. The van der Waals surface area contributed by atoms with E-state index in [2.05, 4.69) is 45.4 Å².